The van der Waals surface area contributed by atoms with E-state index in [1.165, 1.54) is 19.3 Å². The predicted molar refractivity (Wildman–Crippen MR) is 59.9 cm³/mol. The first kappa shape index (κ1) is 11.4. The molecule has 2 rings (SSSR count). The zero-order valence-corrected chi connectivity index (χ0v) is 9.74. The van der Waals surface area contributed by atoms with Gasteiger partial charge in [-0.15, -0.1) is 0 Å². The molecular formula is C12H23NO2. The normalized spacial score (nSPS) is 31.2. The average molecular weight is 213 g/mol. The molecule has 3 nitrogen and oxygen atoms in total. The van der Waals surface area contributed by atoms with Gasteiger partial charge in [-0.1, -0.05) is 13.3 Å². The van der Waals surface area contributed by atoms with Crippen LogP contribution in [0.15, 0.2) is 0 Å². The highest BCUT2D eigenvalue weighted by Crippen LogP contribution is 2.27. The van der Waals surface area contributed by atoms with Crippen molar-refractivity contribution in [1.29, 1.82) is 0 Å². The van der Waals surface area contributed by atoms with E-state index in [9.17, 15) is 5.11 Å². The van der Waals surface area contributed by atoms with Crippen molar-refractivity contribution in [3.63, 3.8) is 0 Å². The summed E-state index contributed by atoms with van der Waals surface area (Å²) in [6.45, 7) is 5.77. The number of aliphatic hydroxyl groups is 1. The second kappa shape index (κ2) is 4.81. The van der Waals surface area contributed by atoms with E-state index in [0.29, 0.717) is 6.10 Å². The summed E-state index contributed by atoms with van der Waals surface area (Å²) in [5.41, 5.74) is -0.385. The van der Waals surface area contributed by atoms with Crippen LogP contribution < -0.4 is 0 Å². The van der Waals surface area contributed by atoms with Gasteiger partial charge in [0.05, 0.1) is 11.7 Å². The summed E-state index contributed by atoms with van der Waals surface area (Å²) < 4.78 is 5.69. The quantitative estimate of drug-likeness (QED) is 0.766. The molecule has 2 saturated heterocycles. The van der Waals surface area contributed by atoms with E-state index in [4.69, 9.17) is 4.74 Å². The van der Waals surface area contributed by atoms with Gasteiger partial charge in [-0.25, -0.2) is 0 Å². The van der Waals surface area contributed by atoms with E-state index in [1.807, 2.05) is 0 Å². The molecule has 0 aromatic heterocycles. The van der Waals surface area contributed by atoms with Gasteiger partial charge >= 0.3 is 0 Å². The Kier molecular flexibility index (Phi) is 3.65. The molecule has 0 radical (unpaired) electrons. The van der Waals surface area contributed by atoms with Crippen molar-refractivity contribution in [3.05, 3.63) is 0 Å². The van der Waals surface area contributed by atoms with Crippen molar-refractivity contribution in [3.8, 4) is 0 Å². The predicted octanol–water partition coefficient (Wildman–Crippen LogP) is 1.40. The monoisotopic (exact) mass is 213 g/mol. The van der Waals surface area contributed by atoms with Gasteiger partial charge in [-0.3, -0.25) is 4.90 Å². The van der Waals surface area contributed by atoms with Crippen LogP contribution in [0.3, 0.4) is 0 Å². The van der Waals surface area contributed by atoms with Crippen molar-refractivity contribution in [2.45, 2.75) is 50.7 Å². The number of ether oxygens (including phenoxy) is 1. The molecule has 0 aromatic carbocycles. The molecule has 15 heavy (non-hydrogen) atoms. The number of hydrogen-bond acceptors (Lipinski definition) is 3. The van der Waals surface area contributed by atoms with E-state index >= 15 is 0 Å². The Morgan fingerprint density at radius 2 is 2.20 bits per heavy atom. The SMILES string of the molecule is CCCC1(O)CN(CC2CCCCO2)C1. The van der Waals surface area contributed by atoms with Gasteiger partial charge in [0.2, 0.25) is 0 Å². The highest BCUT2D eigenvalue weighted by molar-refractivity contribution is 4.95. The van der Waals surface area contributed by atoms with E-state index in [0.717, 1.165) is 39.1 Å². The highest BCUT2D eigenvalue weighted by Gasteiger charge is 2.40. The minimum atomic E-state index is -0.385. The summed E-state index contributed by atoms with van der Waals surface area (Å²) in [4.78, 5) is 2.33. The number of rotatable bonds is 4. The lowest BCUT2D eigenvalue weighted by Crippen LogP contribution is -2.63. The first-order valence-corrected chi connectivity index (χ1v) is 6.28. The van der Waals surface area contributed by atoms with Gasteiger partial charge in [0, 0.05) is 26.2 Å². The maximum atomic E-state index is 10.0. The fourth-order valence-electron chi connectivity index (χ4n) is 2.78. The van der Waals surface area contributed by atoms with E-state index in [-0.39, 0.29) is 5.60 Å². The first-order chi connectivity index (χ1) is 7.22. The van der Waals surface area contributed by atoms with Crippen LogP contribution in [-0.2, 0) is 4.74 Å². The summed E-state index contributed by atoms with van der Waals surface area (Å²) in [5.74, 6) is 0. The minimum Gasteiger partial charge on any atom is -0.387 e. The Morgan fingerprint density at radius 3 is 2.80 bits per heavy atom. The third kappa shape index (κ3) is 2.92. The minimum absolute atomic E-state index is 0.385. The van der Waals surface area contributed by atoms with Crippen molar-refractivity contribution in [1.82, 2.24) is 4.90 Å². The molecule has 1 unspecified atom stereocenters. The molecule has 88 valence electrons. The molecule has 2 aliphatic rings. The van der Waals surface area contributed by atoms with E-state index in [2.05, 4.69) is 11.8 Å². The lowest BCUT2D eigenvalue weighted by molar-refractivity contribution is -0.122. The van der Waals surface area contributed by atoms with E-state index < -0.39 is 0 Å². The van der Waals surface area contributed by atoms with Crippen LogP contribution in [0.1, 0.15) is 39.0 Å². The maximum Gasteiger partial charge on any atom is 0.0900 e. The van der Waals surface area contributed by atoms with Crippen LogP contribution in [0.5, 0.6) is 0 Å². The molecule has 1 N–H and O–H groups in total. The van der Waals surface area contributed by atoms with Crippen LogP contribution in [0.2, 0.25) is 0 Å². The van der Waals surface area contributed by atoms with Gasteiger partial charge in [0.25, 0.3) is 0 Å². The number of hydrogen-bond donors (Lipinski definition) is 1. The summed E-state index contributed by atoms with van der Waals surface area (Å²) in [6, 6.07) is 0. The largest absolute Gasteiger partial charge is 0.387 e. The van der Waals surface area contributed by atoms with Gasteiger partial charge in [-0.2, -0.15) is 0 Å². The topological polar surface area (TPSA) is 32.7 Å². The molecule has 0 amide bonds. The second-order valence-corrected chi connectivity index (χ2v) is 5.13. The number of nitrogens with zero attached hydrogens (tertiary/aromatic N) is 1. The fraction of sp³-hybridized carbons (Fsp3) is 1.00. The Bertz CT molecular complexity index is 196. The molecule has 0 spiro atoms. The third-order valence-corrected chi connectivity index (χ3v) is 3.49. The molecule has 0 saturated carbocycles. The van der Waals surface area contributed by atoms with Crippen molar-refractivity contribution < 1.29 is 9.84 Å². The van der Waals surface area contributed by atoms with E-state index in [1.54, 1.807) is 0 Å². The molecule has 0 aromatic rings. The molecular weight excluding hydrogens is 190 g/mol. The Hall–Kier alpha value is -0.120. The molecule has 2 fully saturated rings. The standard InChI is InChI=1S/C12H23NO2/c1-2-6-12(14)9-13(10-12)8-11-5-3-4-7-15-11/h11,14H,2-10H2,1H3. The molecule has 3 heteroatoms. The molecule has 2 heterocycles. The van der Waals surface area contributed by atoms with Crippen LogP contribution in [0, 0.1) is 0 Å². The zero-order valence-electron chi connectivity index (χ0n) is 9.74. The fourth-order valence-corrected chi connectivity index (χ4v) is 2.78. The van der Waals surface area contributed by atoms with Crippen LogP contribution in [0.4, 0.5) is 0 Å². The Morgan fingerprint density at radius 1 is 1.40 bits per heavy atom. The molecule has 2 aliphatic heterocycles. The van der Waals surface area contributed by atoms with Crippen molar-refractivity contribution in [2.75, 3.05) is 26.2 Å². The van der Waals surface area contributed by atoms with Crippen LogP contribution >= 0.6 is 0 Å². The first-order valence-electron chi connectivity index (χ1n) is 6.28. The lowest BCUT2D eigenvalue weighted by Gasteiger charge is -2.48. The summed E-state index contributed by atoms with van der Waals surface area (Å²) >= 11 is 0. The summed E-state index contributed by atoms with van der Waals surface area (Å²) in [5, 5.41) is 10.0. The van der Waals surface area contributed by atoms with Gasteiger partial charge < -0.3 is 9.84 Å². The lowest BCUT2D eigenvalue weighted by atomic mass is 9.89. The Balaban J connectivity index is 1.66. The number of likely N-dealkylation sites (tertiary alicyclic amines) is 1. The summed E-state index contributed by atoms with van der Waals surface area (Å²) in [7, 11) is 0. The van der Waals surface area contributed by atoms with Gasteiger partial charge in [-0.05, 0) is 25.7 Å². The van der Waals surface area contributed by atoms with Crippen LogP contribution in [-0.4, -0.2) is 48.0 Å². The molecule has 1 atom stereocenters. The third-order valence-electron chi connectivity index (χ3n) is 3.49. The highest BCUT2D eigenvalue weighted by atomic mass is 16.5. The molecule has 0 aliphatic carbocycles. The van der Waals surface area contributed by atoms with Crippen molar-refractivity contribution in [2.24, 2.45) is 0 Å². The van der Waals surface area contributed by atoms with Gasteiger partial charge in [0.15, 0.2) is 0 Å². The van der Waals surface area contributed by atoms with Crippen molar-refractivity contribution >= 4 is 0 Å². The average Bonchev–Trinajstić information content (AvgIpc) is 2.17. The van der Waals surface area contributed by atoms with Crippen LogP contribution in [0.25, 0.3) is 0 Å². The summed E-state index contributed by atoms with van der Waals surface area (Å²) in [6.07, 6.45) is 6.15. The zero-order chi connectivity index (χ0) is 10.7. The smallest absolute Gasteiger partial charge is 0.0900 e. The van der Waals surface area contributed by atoms with Gasteiger partial charge in [0.1, 0.15) is 0 Å². The maximum absolute atomic E-state index is 10.0. The second-order valence-electron chi connectivity index (χ2n) is 5.13. The number of β-amino-alcohol motifs (C(OH)–C–C–N with tert-alkyl or cyclic N) is 1. The Labute approximate surface area is 92.4 Å². The molecule has 0 bridgehead atoms.